The molecule has 0 atom stereocenters. The van der Waals surface area contributed by atoms with E-state index in [1.165, 1.54) is 0 Å². The highest BCUT2D eigenvalue weighted by Crippen LogP contribution is 2.26. The van der Waals surface area contributed by atoms with Crippen LogP contribution >= 0.6 is 11.6 Å². The number of nitrogens with one attached hydrogen (secondary N) is 1. The lowest BCUT2D eigenvalue weighted by atomic mass is 10.1. The number of methoxy groups -OCH3 is 1. The summed E-state index contributed by atoms with van der Waals surface area (Å²) in [5.74, 6) is 0.475. The van der Waals surface area contributed by atoms with Gasteiger partial charge < -0.3 is 14.5 Å². The number of hydrogen-bond donors (Lipinski definition) is 1. The number of carbonyl (C=O) groups is 1. The summed E-state index contributed by atoms with van der Waals surface area (Å²) in [5.41, 5.74) is 2.15. The maximum atomic E-state index is 12.2. The number of benzene rings is 2. The third kappa shape index (κ3) is 2.92. The Hall–Kier alpha value is -2.46. The van der Waals surface area contributed by atoms with Crippen LogP contribution in [-0.4, -0.2) is 13.0 Å². The Bertz CT molecular complexity index is 826. The van der Waals surface area contributed by atoms with Gasteiger partial charge in [0.05, 0.1) is 25.5 Å². The molecule has 3 rings (SSSR count). The van der Waals surface area contributed by atoms with E-state index >= 15 is 0 Å². The van der Waals surface area contributed by atoms with Crippen LogP contribution in [0, 0.1) is 0 Å². The lowest BCUT2D eigenvalue weighted by Crippen LogP contribution is -2.14. The fourth-order valence-corrected chi connectivity index (χ4v) is 2.48. The second kappa shape index (κ2) is 6.12. The lowest BCUT2D eigenvalue weighted by molar-refractivity contribution is -0.115. The molecule has 0 saturated heterocycles. The van der Waals surface area contributed by atoms with Gasteiger partial charge in [0.15, 0.2) is 0 Å². The van der Waals surface area contributed by atoms with E-state index in [2.05, 4.69) is 5.32 Å². The van der Waals surface area contributed by atoms with E-state index in [1.807, 2.05) is 12.1 Å². The molecule has 2 aromatic carbocycles. The fraction of sp³-hybridized carbons (Fsp3) is 0.118. The molecule has 0 spiro atoms. The van der Waals surface area contributed by atoms with E-state index in [1.54, 1.807) is 43.7 Å². The Morgan fingerprint density at radius 2 is 2.09 bits per heavy atom. The molecule has 5 heteroatoms. The quantitative estimate of drug-likeness (QED) is 0.782. The Labute approximate surface area is 132 Å². The number of carbonyl (C=O) groups excluding carboxylic acids is 1. The minimum atomic E-state index is -0.146. The van der Waals surface area contributed by atoms with Crippen LogP contribution in [0.5, 0.6) is 5.75 Å². The second-order valence-electron chi connectivity index (χ2n) is 4.83. The molecule has 1 N–H and O–H groups in total. The van der Waals surface area contributed by atoms with E-state index in [0.29, 0.717) is 22.0 Å². The molecule has 1 aromatic heterocycles. The predicted molar refractivity (Wildman–Crippen MR) is 86.6 cm³/mol. The third-order valence-corrected chi connectivity index (χ3v) is 3.58. The summed E-state index contributed by atoms with van der Waals surface area (Å²) in [4.78, 5) is 12.2. The Morgan fingerprint density at radius 3 is 2.91 bits per heavy atom. The van der Waals surface area contributed by atoms with Gasteiger partial charge >= 0.3 is 0 Å². The molecule has 0 bridgehead atoms. The zero-order valence-electron chi connectivity index (χ0n) is 11.9. The molecule has 0 fully saturated rings. The maximum Gasteiger partial charge on any atom is 0.229 e. The predicted octanol–water partition coefficient (Wildman–Crippen LogP) is 4.28. The number of furan rings is 1. The first-order chi connectivity index (χ1) is 10.7. The molecule has 0 aliphatic heterocycles. The van der Waals surface area contributed by atoms with Gasteiger partial charge in [0.1, 0.15) is 11.3 Å². The van der Waals surface area contributed by atoms with Crippen LogP contribution in [0.3, 0.4) is 0 Å². The number of fused-ring (bicyclic) bond motifs is 1. The molecule has 0 saturated carbocycles. The summed E-state index contributed by atoms with van der Waals surface area (Å²) in [6.07, 6.45) is 1.79. The van der Waals surface area contributed by atoms with Gasteiger partial charge in [-0.3, -0.25) is 4.79 Å². The normalized spacial score (nSPS) is 10.6. The van der Waals surface area contributed by atoms with Crippen molar-refractivity contribution in [3.63, 3.8) is 0 Å². The van der Waals surface area contributed by atoms with Crippen molar-refractivity contribution in [3.8, 4) is 5.75 Å². The standard InChI is InChI=1S/C17H14ClNO3/c1-21-16-5-3-2-4-14(16)19-17(20)8-11-10-22-15-7-6-12(18)9-13(11)15/h2-7,9-10H,8H2,1H3,(H,19,20). The fourth-order valence-electron chi connectivity index (χ4n) is 2.31. The Kier molecular flexibility index (Phi) is 4.02. The molecule has 4 nitrogen and oxygen atoms in total. The lowest BCUT2D eigenvalue weighted by Gasteiger charge is -2.09. The van der Waals surface area contributed by atoms with Crippen molar-refractivity contribution in [2.45, 2.75) is 6.42 Å². The van der Waals surface area contributed by atoms with E-state index in [9.17, 15) is 4.79 Å². The van der Waals surface area contributed by atoms with Crippen molar-refractivity contribution in [3.05, 3.63) is 59.3 Å². The minimum Gasteiger partial charge on any atom is -0.495 e. The monoisotopic (exact) mass is 315 g/mol. The third-order valence-electron chi connectivity index (χ3n) is 3.35. The number of hydrogen-bond acceptors (Lipinski definition) is 3. The maximum absolute atomic E-state index is 12.2. The number of amides is 1. The molecule has 1 amide bonds. The SMILES string of the molecule is COc1ccccc1NC(=O)Cc1coc2ccc(Cl)cc12. The Balaban J connectivity index is 1.80. The topological polar surface area (TPSA) is 51.5 Å². The van der Waals surface area contributed by atoms with E-state index < -0.39 is 0 Å². The van der Waals surface area contributed by atoms with Crippen LogP contribution in [0.25, 0.3) is 11.0 Å². The van der Waals surface area contributed by atoms with Gasteiger partial charge in [0.2, 0.25) is 5.91 Å². The average Bonchev–Trinajstić information content (AvgIpc) is 2.90. The number of ether oxygens (including phenoxy) is 1. The molecule has 0 radical (unpaired) electrons. The average molecular weight is 316 g/mol. The molecule has 0 aliphatic rings. The molecule has 3 aromatic rings. The van der Waals surface area contributed by atoms with Crippen LogP contribution in [0.15, 0.2) is 53.1 Å². The number of rotatable bonds is 4. The molecule has 1 heterocycles. The van der Waals surface area contributed by atoms with Gasteiger partial charge in [0, 0.05) is 16.0 Å². The van der Waals surface area contributed by atoms with Crippen LogP contribution in [0.4, 0.5) is 5.69 Å². The van der Waals surface area contributed by atoms with Gasteiger partial charge in [-0.25, -0.2) is 0 Å². The number of para-hydroxylation sites is 2. The highest BCUT2D eigenvalue weighted by molar-refractivity contribution is 6.31. The molecule has 0 unspecified atom stereocenters. The van der Waals surface area contributed by atoms with Gasteiger partial charge in [-0.05, 0) is 30.3 Å². The summed E-state index contributed by atoms with van der Waals surface area (Å²) in [5, 5.41) is 4.30. The molecule has 22 heavy (non-hydrogen) atoms. The van der Waals surface area contributed by atoms with Crippen molar-refractivity contribution in [1.29, 1.82) is 0 Å². The summed E-state index contributed by atoms with van der Waals surface area (Å²) < 4.78 is 10.7. The van der Waals surface area contributed by atoms with Crippen LogP contribution in [0.2, 0.25) is 5.02 Å². The van der Waals surface area contributed by atoms with E-state index in [4.69, 9.17) is 20.8 Å². The first-order valence-corrected chi connectivity index (χ1v) is 7.13. The van der Waals surface area contributed by atoms with Gasteiger partial charge in [-0.2, -0.15) is 0 Å². The minimum absolute atomic E-state index is 0.146. The largest absolute Gasteiger partial charge is 0.495 e. The smallest absolute Gasteiger partial charge is 0.229 e. The van der Waals surface area contributed by atoms with Crippen LogP contribution < -0.4 is 10.1 Å². The summed E-state index contributed by atoms with van der Waals surface area (Å²) in [6.45, 7) is 0. The summed E-state index contributed by atoms with van der Waals surface area (Å²) in [7, 11) is 1.57. The van der Waals surface area contributed by atoms with Crippen molar-refractivity contribution >= 4 is 34.2 Å². The van der Waals surface area contributed by atoms with Crippen molar-refractivity contribution in [2.24, 2.45) is 0 Å². The highest BCUT2D eigenvalue weighted by atomic mass is 35.5. The van der Waals surface area contributed by atoms with E-state index in [-0.39, 0.29) is 12.3 Å². The summed E-state index contributed by atoms with van der Waals surface area (Å²) in [6, 6.07) is 12.6. The molecular formula is C17H14ClNO3. The van der Waals surface area contributed by atoms with Crippen LogP contribution in [0.1, 0.15) is 5.56 Å². The molecule has 0 aliphatic carbocycles. The van der Waals surface area contributed by atoms with Crippen molar-refractivity contribution in [1.82, 2.24) is 0 Å². The van der Waals surface area contributed by atoms with Gasteiger partial charge in [0.25, 0.3) is 0 Å². The second-order valence-corrected chi connectivity index (χ2v) is 5.26. The van der Waals surface area contributed by atoms with E-state index in [0.717, 1.165) is 10.9 Å². The molecular weight excluding hydrogens is 302 g/mol. The van der Waals surface area contributed by atoms with Crippen molar-refractivity contribution in [2.75, 3.05) is 12.4 Å². The first kappa shape index (κ1) is 14.5. The molecule has 112 valence electrons. The number of anilines is 1. The zero-order valence-corrected chi connectivity index (χ0v) is 12.7. The Morgan fingerprint density at radius 1 is 1.27 bits per heavy atom. The highest BCUT2D eigenvalue weighted by Gasteiger charge is 2.12. The van der Waals surface area contributed by atoms with Crippen molar-refractivity contribution < 1.29 is 13.9 Å². The van der Waals surface area contributed by atoms with Gasteiger partial charge in [-0.15, -0.1) is 0 Å². The summed E-state index contributed by atoms with van der Waals surface area (Å²) >= 11 is 5.99. The van der Waals surface area contributed by atoms with Gasteiger partial charge in [-0.1, -0.05) is 23.7 Å². The number of halogens is 1. The first-order valence-electron chi connectivity index (χ1n) is 6.76. The zero-order chi connectivity index (χ0) is 15.5. The van der Waals surface area contributed by atoms with Crippen LogP contribution in [-0.2, 0) is 11.2 Å².